The predicted molar refractivity (Wildman–Crippen MR) is 58.3 cm³/mol. The summed E-state index contributed by atoms with van der Waals surface area (Å²) in [6.45, 7) is 2.32. The Kier molecular flexibility index (Phi) is 3.13. The van der Waals surface area contributed by atoms with Gasteiger partial charge in [-0.3, -0.25) is 0 Å². The molecule has 82 valence electrons. The lowest BCUT2D eigenvalue weighted by molar-refractivity contribution is 0.0742. The van der Waals surface area contributed by atoms with Gasteiger partial charge in [-0.2, -0.15) is 0 Å². The Labute approximate surface area is 87.1 Å². The molecule has 0 aromatic rings. The lowest BCUT2D eigenvalue weighted by atomic mass is 9.89. The molecule has 0 amide bonds. The average molecular weight is 197 g/mol. The van der Waals surface area contributed by atoms with Gasteiger partial charge >= 0.3 is 0 Å². The Balaban J connectivity index is 1.88. The molecule has 0 aromatic carbocycles. The van der Waals surface area contributed by atoms with Gasteiger partial charge in [0.2, 0.25) is 0 Å². The first-order valence-corrected chi connectivity index (χ1v) is 6.15. The van der Waals surface area contributed by atoms with Crippen molar-refractivity contribution in [2.45, 2.75) is 76.0 Å². The van der Waals surface area contributed by atoms with Gasteiger partial charge in [0, 0.05) is 11.6 Å². The highest BCUT2D eigenvalue weighted by atomic mass is 16.3. The first-order valence-electron chi connectivity index (χ1n) is 6.15. The summed E-state index contributed by atoms with van der Waals surface area (Å²) in [6.07, 6.45) is 9.83. The standard InChI is InChI=1S/C12H23NO/c1-12(8-4-5-9-12)13-10-6-2-3-7-11(10)14/h10-11,13-14H,2-9H2,1H3/t10-,11-/m0/s1. The molecule has 0 aliphatic heterocycles. The van der Waals surface area contributed by atoms with Crippen molar-refractivity contribution in [2.24, 2.45) is 0 Å². The van der Waals surface area contributed by atoms with Gasteiger partial charge in [-0.05, 0) is 32.6 Å². The summed E-state index contributed by atoms with van der Waals surface area (Å²) in [4.78, 5) is 0. The summed E-state index contributed by atoms with van der Waals surface area (Å²) in [5, 5.41) is 13.6. The maximum atomic E-state index is 9.88. The second-order valence-electron chi connectivity index (χ2n) is 5.37. The van der Waals surface area contributed by atoms with Crippen molar-refractivity contribution in [3.8, 4) is 0 Å². The van der Waals surface area contributed by atoms with E-state index in [2.05, 4.69) is 12.2 Å². The number of rotatable bonds is 2. The van der Waals surface area contributed by atoms with Gasteiger partial charge in [0.25, 0.3) is 0 Å². The zero-order valence-electron chi connectivity index (χ0n) is 9.26. The number of hydrogen-bond acceptors (Lipinski definition) is 2. The lowest BCUT2D eigenvalue weighted by Crippen LogP contribution is -2.52. The van der Waals surface area contributed by atoms with E-state index in [1.807, 2.05) is 0 Å². The van der Waals surface area contributed by atoms with Crippen LogP contribution in [0.25, 0.3) is 0 Å². The third-order valence-electron chi connectivity index (χ3n) is 3.97. The molecule has 0 aromatic heterocycles. The second kappa shape index (κ2) is 4.19. The topological polar surface area (TPSA) is 32.3 Å². The minimum absolute atomic E-state index is 0.0961. The van der Waals surface area contributed by atoms with Crippen LogP contribution in [-0.4, -0.2) is 22.8 Å². The molecular weight excluding hydrogens is 174 g/mol. The van der Waals surface area contributed by atoms with Gasteiger partial charge in [-0.15, -0.1) is 0 Å². The second-order valence-corrected chi connectivity index (χ2v) is 5.37. The van der Waals surface area contributed by atoms with Crippen molar-refractivity contribution in [3.05, 3.63) is 0 Å². The van der Waals surface area contributed by atoms with E-state index in [-0.39, 0.29) is 6.10 Å². The minimum Gasteiger partial charge on any atom is -0.392 e. The van der Waals surface area contributed by atoms with Gasteiger partial charge in [0.15, 0.2) is 0 Å². The molecule has 2 nitrogen and oxygen atoms in total. The maximum Gasteiger partial charge on any atom is 0.0693 e. The molecule has 0 saturated heterocycles. The molecule has 2 saturated carbocycles. The van der Waals surface area contributed by atoms with Crippen LogP contribution in [0.2, 0.25) is 0 Å². The van der Waals surface area contributed by atoms with Crippen LogP contribution >= 0.6 is 0 Å². The molecule has 0 spiro atoms. The van der Waals surface area contributed by atoms with Crippen molar-refractivity contribution in [2.75, 3.05) is 0 Å². The van der Waals surface area contributed by atoms with Gasteiger partial charge < -0.3 is 10.4 Å². The number of aliphatic hydroxyl groups is 1. The Bertz CT molecular complexity index is 187. The Morgan fingerprint density at radius 2 is 1.71 bits per heavy atom. The Hall–Kier alpha value is -0.0800. The molecule has 2 heteroatoms. The molecule has 0 unspecified atom stereocenters. The molecule has 2 rings (SSSR count). The van der Waals surface area contributed by atoms with Crippen LogP contribution < -0.4 is 5.32 Å². The van der Waals surface area contributed by atoms with Crippen LogP contribution in [-0.2, 0) is 0 Å². The summed E-state index contributed by atoms with van der Waals surface area (Å²) in [6, 6.07) is 0.367. The van der Waals surface area contributed by atoms with E-state index in [0.717, 1.165) is 12.8 Å². The molecule has 2 atom stereocenters. The van der Waals surface area contributed by atoms with Crippen LogP contribution in [0, 0.1) is 0 Å². The Morgan fingerprint density at radius 3 is 2.36 bits per heavy atom. The summed E-state index contributed by atoms with van der Waals surface area (Å²) < 4.78 is 0. The van der Waals surface area contributed by atoms with Gasteiger partial charge in [-0.1, -0.05) is 25.7 Å². The smallest absolute Gasteiger partial charge is 0.0693 e. The highest BCUT2D eigenvalue weighted by molar-refractivity contribution is 4.93. The van der Waals surface area contributed by atoms with Crippen LogP contribution in [0.3, 0.4) is 0 Å². The SMILES string of the molecule is CC1(N[C@H]2CCCC[C@@H]2O)CCCC1. The van der Waals surface area contributed by atoms with E-state index in [1.54, 1.807) is 0 Å². The van der Waals surface area contributed by atoms with Crippen LogP contribution in [0.1, 0.15) is 58.3 Å². The first-order chi connectivity index (χ1) is 6.70. The third-order valence-corrected chi connectivity index (χ3v) is 3.97. The molecule has 2 aliphatic rings. The van der Waals surface area contributed by atoms with Crippen LogP contribution in [0.5, 0.6) is 0 Å². The molecule has 0 radical (unpaired) electrons. The maximum absolute atomic E-state index is 9.88. The van der Waals surface area contributed by atoms with Crippen molar-refractivity contribution in [1.82, 2.24) is 5.32 Å². The monoisotopic (exact) mass is 197 g/mol. The normalized spacial score (nSPS) is 37.3. The quantitative estimate of drug-likeness (QED) is 0.711. The highest BCUT2D eigenvalue weighted by Gasteiger charge is 2.33. The predicted octanol–water partition coefficient (Wildman–Crippen LogP) is 2.21. The van der Waals surface area contributed by atoms with Crippen molar-refractivity contribution < 1.29 is 5.11 Å². The van der Waals surface area contributed by atoms with Crippen molar-refractivity contribution >= 4 is 0 Å². The zero-order valence-corrected chi connectivity index (χ0v) is 9.26. The fraction of sp³-hybridized carbons (Fsp3) is 1.00. The van der Waals surface area contributed by atoms with E-state index in [0.29, 0.717) is 11.6 Å². The van der Waals surface area contributed by atoms with Crippen molar-refractivity contribution in [3.63, 3.8) is 0 Å². The summed E-state index contributed by atoms with van der Waals surface area (Å²) >= 11 is 0. The van der Waals surface area contributed by atoms with Crippen LogP contribution in [0.4, 0.5) is 0 Å². The number of hydrogen-bond donors (Lipinski definition) is 2. The van der Waals surface area contributed by atoms with Crippen molar-refractivity contribution in [1.29, 1.82) is 0 Å². The fourth-order valence-corrected chi connectivity index (χ4v) is 3.03. The lowest BCUT2D eigenvalue weighted by Gasteiger charge is -2.36. The molecule has 2 aliphatic carbocycles. The molecule has 0 heterocycles. The third kappa shape index (κ3) is 2.29. The highest BCUT2D eigenvalue weighted by Crippen LogP contribution is 2.31. The minimum atomic E-state index is -0.0961. The summed E-state index contributed by atoms with van der Waals surface area (Å²) in [5.41, 5.74) is 0.322. The van der Waals surface area contributed by atoms with E-state index >= 15 is 0 Å². The molecule has 2 fully saturated rings. The molecule has 14 heavy (non-hydrogen) atoms. The van der Waals surface area contributed by atoms with Gasteiger partial charge in [-0.25, -0.2) is 0 Å². The summed E-state index contributed by atoms with van der Waals surface area (Å²) in [7, 11) is 0. The number of nitrogens with one attached hydrogen (secondary N) is 1. The fourth-order valence-electron chi connectivity index (χ4n) is 3.03. The van der Waals surface area contributed by atoms with E-state index in [9.17, 15) is 5.11 Å². The zero-order chi connectivity index (χ0) is 10.0. The molecular formula is C12H23NO. The molecule has 0 bridgehead atoms. The van der Waals surface area contributed by atoms with Gasteiger partial charge in [0.1, 0.15) is 0 Å². The summed E-state index contributed by atoms with van der Waals surface area (Å²) in [5.74, 6) is 0. The van der Waals surface area contributed by atoms with E-state index < -0.39 is 0 Å². The van der Waals surface area contributed by atoms with E-state index in [1.165, 1.54) is 38.5 Å². The van der Waals surface area contributed by atoms with E-state index in [4.69, 9.17) is 0 Å². The number of aliphatic hydroxyl groups excluding tert-OH is 1. The largest absolute Gasteiger partial charge is 0.392 e. The first kappa shape index (κ1) is 10.4. The molecule has 2 N–H and O–H groups in total. The average Bonchev–Trinajstić information content (AvgIpc) is 2.57. The Morgan fingerprint density at radius 1 is 1.07 bits per heavy atom. The van der Waals surface area contributed by atoms with Gasteiger partial charge in [0.05, 0.1) is 6.10 Å². The van der Waals surface area contributed by atoms with Crippen LogP contribution in [0.15, 0.2) is 0 Å².